The largest absolute Gasteiger partial charge is 0.496 e. The average Bonchev–Trinajstić information content (AvgIpc) is 2.42. The molecule has 0 spiro atoms. The van der Waals surface area contributed by atoms with Crippen molar-refractivity contribution in [2.75, 3.05) is 7.11 Å². The maximum atomic E-state index is 14.0. The predicted octanol–water partition coefficient (Wildman–Crippen LogP) is 4.38. The fourth-order valence-electron chi connectivity index (χ4n) is 2.09. The third-order valence-corrected chi connectivity index (χ3v) is 3.66. The van der Waals surface area contributed by atoms with Crippen molar-refractivity contribution in [2.24, 2.45) is 5.73 Å². The fraction of sp³-hybridized carbons (Fsp3) is 0.200. The molecule has 0 amide bonds. The molecule has 1 atom stereocenters. The molecule has 2 rings (SSSR count). The van der Waals surface area contributed by atoms with E-state index < -0.39 is 11.9 Å². The van der Waals surface area contributed by atoms with Gasteiger partial charge in [0, 0.05) is 21.7 Å². The summed E-state index contributed by atoms with van der Waals surface area (Å²) >= 11 is 12.0. The van der Waals surface area contributed by atoms with E-state index in [1.54, 1.807) is 30.3 Å². The zero-order valence-corrected chi connectivity index (χ0v) is 12.4. The van der Waals surface area contributed by atoms with Crippen LogP contribution in [0.25, 0.3) is 0 Å². The number of benzene rings is 2. The highest BCUT2D eigenvalue weighted by atomic mass is 35.5. The molecule has 0 aliphatic rings. The second kappa shape index (κ2) is 6.44. The Balaban J connectivity index is 2.33. The SMILES string of the molecule is COc1cccc(F)c1C(N)Cc1cc(Cl)ccc1Cl. The Bertz CT molecular complexity index is 619. The van der Waals surface area contributed by atoms with Gasteiger partial charge >= 0.3 is 0 Å². The van der Waals surface area contributed by atoms with Crippen molar-refractivity contribution in [3.8, 4) is 5.75 Å². The summed E-state index contributed by atoms with van der Waals surface area (Å²) in [5.41, 5.74) is 7.22. The molecule has 1 unspecified atom stereocenters. The van der Waals surface area contributed by atoms with Gasteiger partial charge in [0.1, 0.15) is 11.6 Å². The number of ether oxygens (including phenoxy) is 1. The quantitative estimate of drug-likeness (QED) is 0.909. The summed E-state index contributed by atoms with van der Waals surface area (Å²) < 4.78 is 19.1. The highest BCUT2D eigenvalue weighted by Gasteiger charge is 2.18. The Labute approximate surface area is 127 Å². The number of halogens is 3. The number of rotatable bonds is 4. The average molecular weight is 314 g/mol. The first-order valence-electron chi connectivity index (χ1n) is 6.05. The van der Waals surface area contributed by atoms with E-state index in [1.807, 2.05) is 0 Å². The van der Waals surface area contributed by atoms with E-state index in [2.05, 4.69) is 0 Å². The van der Waals surface area contributed by atoms with Crippen LogP contribution in [0.5, 0.6) is 5.75 Å². The van der Waals surface area contributed by atoms with Crippen molar-refractivity contribution in [2.45, 2.75) is 12.5 Å². The van der Waals surface area contributed by atoms with E-state index in [4.69, 9.17) is 33.7 Å². The molecule has 2 nitrogen and oxygen atoms in total. The first kappa shape index (κ1) is 15.1. The Morgan fingerprint density at radius 2 is 2.00 bits per heavy atom. The van der Waals surface area contributed by atoms with Crippen molar-refractivity contribution in [1.29, 1.82) is 0 Å². The third kappa shape index (κ3) is 3.23. The maximum Gasteiger partial charge on any atom is 0.131 e. The fourth-order valence-corrected chi connectivity index (χ4v) is 2.48. The van der Waals surface area contributed by atoms with Crippen LogP contribution >= 0.6 is 23.2 Å². The Kier molecular flexibility index (Phi) is 4.86. The van der Waals surface area contributed by atoms with Crippen LogP contribution in [-0.4, -0.2) is 7.11 Å². The van der Waals surface area contributed by atoms with Crippen molar-refractivity contribution in [1.82, 2.24) is 0 Å². The van der Waals surface area contributed by atoms with Crippen molar-refractivity contribution in [3.05, 3.63) is 63.4 Å². The Morgan fingerprint density at radius 1 is 1.25 bits per heavy atom. The van der Waals surface area contributed by atoms with E-state index >= 15 is 0 Å². The molecule has 2 N–H and O–H groups in total. The number of methoxy groups -OCH3 is 1. The van der Waals surface area contributed by atoms with Crippen LogP contribution in [0.1, 0.15) is 17.2 Å². The van der Waals surface area contributed by atoms with Gasteiger partial charge in [0.25, 0.3) is 0 Å². The highest BCUT2D eigenvalue weighted by molar-refractivity contribution is 6.33. The summed E-state index contributed by atoms with van der Waals surface area (Å²) in [6.45, 7) is 0. The van der Waals surface area contributed by atoms with E-state index in [0.29, 0.717) is 27.8 Å². The van der Waals surface area contributed by atoms with Gasteiger partial charge in [0.15, 0.2) is 0 Å². The standard InChI is InChI=1S/C15H14Cl2FNO/c1-20-14-4-2-3-12(18)15(14)13(19)8-9-7-10(16)5-6-11(9)17/h2-7,13H,8,19H2,1H3. The summed E-state index contributed by atoms with van der Waals surface area (Å²) in [6.07, 6.45) is 0.372. The molecular weight excluding hydrogens is 300 g/mol. The van der Waals surface area contributed by atoms with Crippen LogP contribution in [0.15, 0.2) is 36.4 Å². The minimum atomic E-state index is -0.567. The van der Waals surface area contributed by atoms with E-state index in [1.165, 1.54) is 13.2 Å². The van der Waals surface area contributed by atoms with Crippen molar-refractivity contribution < 1.29 is 9.13 Å². The predicted molar refractivity (Wildman–Crippen MR) is 80.0 cm³/mol. The zero-order chi connectivity index (χ0) is 14.7. The molecule has 106 valence electrons. The lowest BCUT2D eigenvalue weighted by molar-refractivity contribution is 0.399. The number of hydrogen-bond acceptors (Lipinski definition) is 2. The van der Waals surface area contributed by atoms with Crippen LogP contribution in [0.2, 0.25) is 10.0 Å². The van der Waals surface area contributed by atoms with Gasteiger partial charge in [-0.25, -0.2) is 4.39 Å². The minimum Gasteiger partial charge on any atom is -0.496 e. The molecule has 0 bridgehead atoms. The van der Waals surface area contributed by atoms with Gasteiger partial charge in [-0.3, -0.25) is 0 Å². The van der Waals surface area contributed by atoms with Crippen LogP contribution < -0.4 is 10.5 Å². The smallest absolute Gasteiger partial charge is 0.131 e. The van der Waals surface area contributed by atoms with Crippen LogP contribution in [0, 0.1) is 5.82 Å². The second-order valence-electron chi connectivity index (χ2n) is 4.40. The van der Waals surface area contributed by atoms with Gasteiger partial charge in [-0.05, 0) is 42.3 Å². The molecule has 0 saturated carbocycles. The van der Waals surface area contributed by atoms with Crippen LogP contribution in [0.3, 0.4) is 0 Å². The lowest BCUT2D eigenvalue weighted by atomic mass is 9.98. The lowest BCUT2D eigenvalue weighted by Gasteiger charge is -2.17. The molecule has 2 aromatic rings. The molecule has 5 heteroatoms. The first-order chi connectivity index (χ1) is 9.52. The molecular formula is C15H14Cl2FNO. The van der Waals surface area contributed by atoms with Crippen molar-refractivity contribution >= 4 is 23.2 Å². The van der Waals surface area contributed by atoms with Gasteiger partial charge in [0.2, 0.25) is 0 Å². The molecule has 0 heterocycles. The molecule has 0 aliphatic carbocycles. The van der Waals surface area contributed by atoms with Crippen molar-refractivity contribution in [3.63, 3.8) is 0 Å². The van der Waals surface area contributed by atoms with Gasteiger partial charge in [-0.15, -0.1) is 0 Å². The minimum absolute atomic E-state index is 0.339. The van der Waals surface area contributed by atoms with Gasteiger partial charge < -0.3 is 10.5 Å². The molecule has 0 radical (unpaired) electrons. The zero-order valence-electron chi connectivity index (χ0n) is 10.9. The lowest BCUT2D eigenvalue weighted by Crippen LogP contribution is -2.16. The van der Waals surface area contributed by atoms with Crippen LogP contribution in [0.4, 0.5) is 4.39 Å². The summed E-state index contributed by atoms with van der Waals surface area (Å²) in [5, 5.41) is 1.12. The normalized spacial score (nSPS) is 12.2. The maximum absolute atomic E-state index is 14.0. The summed E-state index contributed by atoms with van der Waals surface area (Å²) in [4.78, 5) is 0. The molecule has 0 aromatic heterocycles. The van der Waals surface area contributed by atoms with Crippen LogP contribution in [-0.2, 0) is 6.42 Å². The number of nitrogens with two attached hydrogens (primary N) is 1. The van der Waals surface area contributed by atoms with E-state index in [0.717, 1.165) is 5.56 Å². The molecule has 2 aromatic carbocycles. The first-order valence-corrected chi connectivity index (χ1v) is 6.80. The van der Waals surface area contributed by atoms with E-state index in [-0.39, 0.29) is 0 Å². The summed E-state index contributed by atoms with van der Waals surface area (Å²) in [6, 6.07) is 9.18. The van der Waals surface area contributed by atoms with Gasteiger partial charge in [-0.2, -0.15) is 0 Å². The monoisotopic (exact) mass is 313 g/mol. The molecule has 0 saturated heterocycles. The Hall–Kier alpha value is -1.29. The molecule has 20 heavy (non-hydrogen) atoms. The topological polar surface area (TPSA) is 35.2 Å². The molecule has 0 aliphatic heterocycles. The summed E-state index contributed by atoms with van der Waals surface area (Å²) in [5.74, 6) is 0.0330. The number of hydrogen-bond donors (Lipinski definition) is 1. The Morgan fingerprint density at radius 3 is 2.70 bits per heavy atom. The molecule has 0 fully saturated rings. The van der Waals surface area contributed by atoms with E-state index in [9.17, 15) is 4.39 Å². The highest BCUT2D eigenvalue weighted by Crippen LogP contribution is 2.31. The second-order valence-corrected chi connectivity index (χ2v) is 5.25. The van der Waals surface area contributed by atoms with Gasteiger partial charge in [0.05, 0.1) is 7.11 Å². The third-order valence-electron chi connectivity index (χ3n) is 3.05. The van der Waals surface area contributed by atoms with Gasteiger partial charge in [-0.1, -0.05) is 29.3 Å². The summed E-state index contributed by atoms with van der Waals surface area (Å²) in [7, 11) is 1.48.